The molecular weight excluding hydrogens is 320 g/mol. The van der Waals surface area contributed by atoms with Crippen LogP contribution in [0.4, 0.5) is 5.69 Å². The third kappa shape index (κ3) is 3.34. The molecule has 1 heterocycles. The Hall–Kier alpha value is -1.65. The van der Waals surface area contributed by atoms with E-state index in [0.717, 1.165) is 4.31 Å². The van der Waals surface area contributed by atoms with Crippen molar-refractivity contribution in [1.29, 1.82) is 0 Å². The van der Waals surface area contributed by atoms with Gasteiger partial charge in [0.15, 0.2) is 0 Å². The van der Waals surface area contributed by atoms with Crippen LogP contribution in [0.1, 0.15) is 5.56 Å². The molecule has 0 bridgehead atoms. The number of carboxylic acids is 1. The molecule has 21 heavy (non-hydrogen) atoms. The highest BCUT2D eigenvalue weighted by Gasteiger charge is 2.39. The van der Waals surface area contributed by atoms with Gasteiger partial charge in [-0.05, 0) is 0 Å². The molecule has 10 heteroatoms. The second-order valence-corrected chi connectivity index (χ2v) is 7.30. The number of thioether (sulfide) groups is 1. The quantitative estimate of drug-likeness (QED) is 0.628. The molecule has 2 rings (SSSR count). The van der Waals surface area contributed by atoms with Gasteiger partial charge in [-0.25, -0.2) is 8.42 Å². The number of para-hydroxylation sites is 1. The summed E-state index contributed by atoms with van der Waals surface area (Å²) in [6, 6.07) is 4.40. The zero-order chi connectivity index (χ0) is 15.6. The standard InChI is InChI=1S/C11H12N2O6S2/c14-11(15)10-5-20-7-12(10)21(18,19)6-8-3-1-2-4-9(8)13(16)17/h1-4,10H,5-7H2,(H,14,15). The van der Waals surface area contributed by atoms with Gasteiger partial charge in [0.1, 0.15) is 6.04 Å². The Morgan fingerprint density at radius 1 is 1.48 bits per heavy atom. The summed E-state index contributed by atoms with van der Waals surface area (Å²) >= 11 is 1.20. The molecule has 1 atom stereocenters. The van der Waals surface area contributed by atoms with Crippen LogP contribution in [0.5, 0.6) is 0 Å². The van der Waals surface area contributed by atoms with Crippen LogP contribution < -0.4 is 0 Å². The Bertz CT molecular complexity index is 675. The van der Waals surface area contributed by atoms with Crippen LogP contribution in [0.25, 0.3) is 0 Å². The lowest BCUT2D eigenvalue weighted by molar-refractivity contribution is -0.385. The summed E-state index contributed by atoms with van der Waals surface area (Å²) in [7, 11) is -3.94. The highest BCUT2D eigenvalue weighted by molar-refractivity contribution is 8.00. The van der Waals surface area contributed by atoms with Gasteiger partial charge in [-0.3, -0.25) is 14.9 Å². The van der Waals surface area contributed by atoms with Gasteiger partial charge in [0.25, 0.3) is 5.69 Å². The highest BCUT2D eigenvalue weighted by atomic mass is 32.2. The maximum absolute atomic E-state index is 12.3. The number of hydrogen-bond acceptors (Lipinski definition) is 6. The largest absolute Gasteiger partial charge is 0.480 e. The third-order valence-corrected chi connectivity index (χ3v) is 5.96. The first-order valence-electron chi connectivity index (χ1n) is 5.85. The molecule has 1 saturated heterocycles. The summed E-state index contributed by atoms with van der Waals surface area (Å²) in [5, 5.41) is 19.9. The summed E-state index contributed by atoms with van der Waals surface area (Å²) in [6.45, 7) is 0. The van der Waals surface area contributed by atoms with Crippen LogP contribution >= 0.6 is 11.8 Å². The summed E-state index contributed by atoms with van der Waals surface area (Å²) < 4.78 is 25.5. The average Bonchev–Trinajstić information content (AvgIpc) is 2.88. The van der Waals surface area contributed by atoms with Gasteiger partial charge in [-0.15, -0.1) is 11.8 Å². The molecule has 1 unspecified atom stereocenters. The summed E-state index contributed by atoms with van der Waals surface area (Å²) in [4.78, 5) is 21.3. The van der Waals surface area contributed by atoms with Crippen molar-refractivity contribution in [2.24, 2.45) is 0 Å². The Kier molecular flexibility index (Phi) is 4.49. The molecule has 0 aromatic heterocycles. The van der Waals surface area contributed by atoms with Gasteiger partial charge in [-0.2, -0.15) is 4.31 Å². The van der Waals surface area contributed by atoms with E-state index in [1.165, 1.54) is 36.0 Å². The molecule has 1 aliphatic rings. The summed E-state index contributed by atoms with van der Waals surface area (Å²) in [6.07, 6.45) is 0. The number of sulfonamides is 1. The molecule has 0 saturated carbocycles. The van der Waals surface area contributed by atoms with E-state index in [0.29, 0.717) is 0 Å². The first kappa shape index (κ1) is 15.7. The number of nitro groups is 1. The number of hydrogen-bond donors (Lipinski definition) is 1. The second-order valence-electron chi connectivity index (χ2n) is 4.38. The fourth-order valence-electron chi connectivity index (χ4n) is 1.99. The van der Waals surface area contributed by atoms with Crippen LogP contribution in [0.2, 0.25) is 0 Å². The summed E-state index contributed by atoms with van der Waals surface area (Å²) in [5.41, 5.74) is -0.247. The van der Waals surface area contributed by atoms with Crippen molar-refractivity contribution < 1.29 is 23.2 Å². The van der Waals surface area contributed by atoms with Crippen molar-refractivity contribution in [3.05, 3.63) is 39.9 Å². The molecule has 1 aliphatic heterocycles. The topological polar surface area (TPSA) is 118 Å². The Morgan fingerprint density at radius 2 is 2.14 bits per heavy atom. The van der Waals surface area contributed by atoms with E-state index < -0.39 is 32.7 Å². The molecule has 1 fully saturated rings. The summed E-state index contributed by atoms with van der Waals surface area (Å²) in [5.74, 6) is -1.59. The minimum absolute atomic E-state index is 0.0416. The number of carboxylic acid groups (broad SMARTS) is 1. The number of nitrogens with zero attached hydrogens (tertiary/aromatic N) is 2. The Morgan fingerprint density at radius 3 is 2.76 bits per heavy atom. The van der Waals surface area contributed by atoms with Crippen molar-refractivity contribution >= 4 is 33.4 Å². The van der Waals surface area contributed by atoms with E-state index in [-0.39, 0.29) is 22.9 Å². The van der Waals surface area contributed by atoms with Gasteiger partial charge in [0.05, 0.1) is 16.6 Å². The predicted octanol–water partition coefficient (Wildman–Crippen LogP) is 0.884. The first-order valence-corrected chi connectivity index (χ1v) is 8.61. The third-order valence-electron chi connectivity index (χ3n) is 3.01. The molecular formula is C11H12N2O6S2. The van der Waals surface area contributed by atoms with Crippen LogP contribution in [0.3, 0.4) is 0 Å². The van der Waals surface area contributed by atoms with Crippen molar-refractivity contribution in [3.63, 3.8) is 0 Å². The van der Waals surface area contributed by atoms with Crippen LogP contribution in [-0.4, -0.2) is 46.4 Å². The van der Waals surface area contributed by atoms with Gasteiger partial charge < -0.3 is 5.11 Å². The van der Waals surface area contributed by atoms with Crippen molar-refractivity contribution in [1.82, 2.24) is 4.31 Å². The molecule has 1 aromatic rings. The Labute approximate surface area is 125 Å². The fraction of sp³-hybridized carbons (Fsp3) is 0.364. The number of carbonyl (C=O) groups is 1. The van der Waals surface area contributed by atoms with Crippen molar-refractivity contribution in [2.75, 3.05) is 11.6 Å². The minimum atomic E-state index is -3.94. The SMILES string of the molecule is O=C(O)C1CSCN1S(=O)(=O)Cc1ccccc1[N+](=O)[O-]. The van der Waals surface area contributed by atoms with Crippen molar-refractivity contribution in [2.45, 2.75) is 11.8 Å². The lowest BCUT2D eigenvalue weighted by Gasteiger charge is -2.19. The lowest BCUT2D eigenvalue weighted by atomic mass is 10.2. The molecule has 0 amide bonds. The monoisotopic (exact) mass is 332 g/mol. The number of nitro benzene ring substituents is 1. The first-order chi connectivity index (χ1) is 9.83. The van der Waals surface area contributed by atoms with E-state index in [1.807, 2.05) is 0 Å². The number of aliphatic carboxylic acids is 1. The van der Waals surface area contributed by atoms with E-state index in [2.05, 4.69) is 0 Å². The van der Waals surface area contributed by atoms with E-state index in [4.69, 9.17) is 5.11 Å². The van der Waals surface area contributed by atoms with Gasteiger partial charge in [-0.1, -0.05) is 18.2 Å². The van der Waals surface area contributed by atoms with E-state index in [1.54, 1.807) is 0 Å². The number of benzene rings is 1. The second kappa shape index (κ2) is 6.00. The average molecular weight is 332 g/mol. The molecule has 1 N–H and O–H groups in total. The maximum atomic E-state index is 12.3. The predicted molar refractivity (Wildman–Crippen MR) is 76.3 cm³/mol. The van der Waals surface area contributed by atoms with Gasteiger partial charge in [0, 0.05) is 17.4 Å². The van der Waals surface area contributed by atoms with E-state index >= 15 is 0 Å². The molecule has 114 valence electrons. The normalized spacial score (nSPS) is 19.5. The maximum Gasteiger partial charge on any atom is 0.322 e. The van der Waals surface area contributed by atoms with Crippen molar-refractivity contribution in [3.8, 4) is 0 Å². The lowest BCUT2D eigenvalue weighted by Crippen LogP contribution is -2.42. The Balaban J connectivity index is 2.30. The van der Waals surface area contributed by atoms with Crippen LogP contribution in [0, 0.1) is 10.1 Å². The zero-order valence-electron chi connectivity index (χ0n) is 10.7. The van der Waals surface area contributed by atoms with Gasteiger partial charge >= 0.3 is 5.97 Å². The molecule has 1 aromatic carbocycles. The van der Waals surface area contributed by atoms with Crippen LogP contribution in [0.15, 0.2) is 24.3 Å². The fourth-order valence-corrected chi connectivity index (χ4v) is 5.31. The van der Waals surface area contributed by atoms with Gasteiger partial charge in [0.2, 0.25) is 10.0 Å². The van der Waals surface area contributed by atoms with Crippen LogP contribution in [-0.2, 0) is 20.6 Å². The number of rotatable bonds is 5. The highest BCUT2D eigenvalue weighted by Crippen LogP contribution is 2.28. The molecule has 8 nitrogen and oxygen atoms in total. The zero-order valence-corrected chi connectivity index (χ0v) is 12.3. The minimum Gasteiger partial charge on any atom is -0.480 e. The molecule has 0 aliphatic carbocycles. The molecule has 0 radical (unpaired) electrons. The smallest absolute Gasteiger partial charge is 0.322 e. The van der Waals surface area contributed by atoms with E-state index in [9.17, 15) is 23.3 Å². The molecule has 0 spiro atoms.